The molecule has 22 atom stereocenters. The molecule has 63 heavy (non-hydrogen) atoms. The van der Waals surface area contributed by atoms with Crippen molar-refractivity contribution in [2.75, 3.05) is 0 Å². The minimum absolute atomic E-state index is 0.00568. The van der Waals surface area contributed by atoms with Crippen LogP contribution in [0.2, 0.25) is 0 Å². The van der Waals surface area contributed by atoms with E-state index in [1.54, 1.807) is 32.1 Å². The summed E-state index contributed by atoms with van der Waals surface area (Å²) in [5, 5.41) is 78.3. The summed E-state index contributed by atoms with van der Waals surface area (Å²) in [7, 11) is 0. The average molecular weight is 887 g/mol. The predicted molar refractivity (Wildman–Crippen MR) is 223 cm³/mol. The molecule has 0 amide bonds. The number of cyclic esters (lactones) is 1. The molecule has 7 fully saturated rings. The normalized spacial score (nSPS) is 51.1. The van der Waals surface area contributed by atoms with E-state index >= 15 is 0 Å². The number of phenolic OH excluding ortho intramolecular Hbond substituents is 1. The van der Waals surface area contributed by atoms with Crippen LogP contribution in [0.15, 0.2) is 35.9 Å². The van der Waals surface area contributed by atoms with Gasteiger partial charge in [0, 0.05) is 37.2 Å². The molecule has 0 bridgehead atoms. The Morgan fingerprint density at radius 2 is 1.33 bits per heavy atom. The lowest BCUT2D eigenvalue weighted by Gasteiger charge is -2.65. The number of rotatable bonds is 9. The van der Waals surface area contributed by atoms with Crippen LogP contribution in [-0.4, -0.2) is 139 Å². The van der Waals surface area contributed by atoms with Crippen molar-refractivity contribution in [2.45, 2.75) is 209 Å². The lowest BCUT2D eigenvalue weighted by Crippen LogP contribution is -2.67. The maximum Gasteiger partial charge on any atom is 0.331 e. The Hall–Kier alpha value is -2.25. The number of carbonyl (C=O) groups excluding carboxylic acids is 1. The summed E-state index contributed by atoms with van der Waals surface area (Å²) in [6.07, 6.45) is -2.59. The fraction of sp³-hybridized carbons (Fsp3) is 0.812. The fourth-order valence-corrected chi connectivity index (χ4v) is 14.0. The van der Waals surface area contributed by atoms with Crippen molar-refractivity contribution >= 4 is 5.97 Å². The zero-order chi connectivity index (χ0) is 44.7. The first kappa shape index (κ1) is 45.9. The van der Waals surface area contributed by atoms with Crippen LogP contribution in [0.3, 0.4) is 0 Å². The molecule has 4 aliphatic carbocycles. The van der Waals surface area contributed by atoms with Crippen molar-refractivity contribution < 1.29 is 73.7 Å². The molecule has 0 aromatic heterocycles. The molecule has 1 aromatic carbocycles. The van der Waals surface area contributed by atoms with Gasteiger partial charge in [0.2, 0.25) is 0 Å². The predicted octanol–water partition coefficient (Wildman–Crippen LogP) is 3.54. The maximum absolute atomic E-state index is 12.9. The van der Waals surface area contributed by atoms with Gasteiger partial charge in [-0.1, -0.05) is 32.0 Å². The third kappa shape index (κ3) is 8.11. The van der Waals surface area contributed by atoms with Crippen molar-refractivity contribution in [1.29, 1.82) is 0 Å². The molecule has 1 aromatic rings. The van der Waals surface area contributed by atoms with E-state index in [9.17, 15) is 40.5 Å². The van der Waals surface area contributed by atoms with E-state index in [-0.39, 0.29) is 54.3 Å². The lowest BCUT2D eigenvalue weighted by atomic mass is 9.42. The quantitative estimate of drug-likeness (QED) is 0.139. The van der Waals surface area contributed by atoms with Gasteiger partial charge in [0.15, 0.2) is 18.9 Å². The Morgan fingerprint density at radius 3 is 1.97 bits per heavy atom. The monoisotopic (exact) mass is 886 g/mol. The highest BCUT2D eigenvalue weighted by Gasteiger charge is 2.71. The second-order valence-electron chi connectivity index (χ2n) is 20.9. The Bertz CT molecular complexity index is 1810. The Kier molecular flexibility index (Phi) is 12.7. The molecule has 352 valence electrons. The highest BCUT2D eigenvalue weighted by molar-refractivity contribution is 5.86. The van der Waals surface area contributed by atoms with Gasteiger partial charge < -0.3 is 68.9 Å². The summed E-state index contributed by atoms with van der Waals surface area (Å²) in [6, 6.07) is 7.06. The van der Waals surface area contributed by atoms with Gasteiger partial charge >= 0.3 is 5.97 Å². The van der Waals surface area contributed by atoms with Crippen molar-refractivity contribution in [3.63, 3.8) is 0 Å². The summed E-state index contributed by atoms with van der Waals surface area (Å²) in [5.41, 5.74) is -0.620. The molecule has 15 heteroatoms. The van der Waals surface area contributed by atoms with E-state index in [4.69, 9.17) is 33.2 Å². The van der Waals surface area contributed by atoms with Gasteiger partial charge in [-0.2, -0.15) is 0 Å². The van der Waals surface area contributed by atoms with Gasteiger partial charge in [-0.05, 0) is 118 Å². The van der Waals surface area contributed by atoms with Crippen LogP contribution in [0.5, 0.6) is 5.75 Å². The summed E-state index contributed by atoms with van der Waals surface area (Å²) < 4.78 is 42.8. The van der Waals surface area contributed by atoms with Crippen LogP contribution >= 0.6 is 0 Å². The minimum atomic E-state index is -1.12. The summed E-state index contributed by atoms with van der Waals surface area (Å²) in [5.74, 6) is -0.0997. The number of hydrogen-bond acceptors (Lipinski definition) is 15. The molecule has 3 saturated heterocycles. The number of phenols is 1. The highest BCUT2D eigenvalue weighted by atomic mass is 16.7. The number of esters is 1. The smallest absolute Gasteiger partial charge is 0.331 e. The molecule has 4 unspecified atom stereocenters. The standard InChI is InChI=1S/C48H70O15/c1-23-43(55)34(50)20-41(57-23)62-45-25(3)59-42(22-36(45)52)63-44-24(2)58-40(21-35(44)51)60-28-12-14-46(4)27(17-28)10-11-31-32(46)19-38(53)47(5)30(13-15-48(31,47)56)29-18-39(54)61-37(29)16-26-8-6-7-9-33(26)49/h6-9,18,23-25,27-28,30-32,34-38,40-45,49-53,55-56H,10-17,19-22H2,1-5H3/t23-,24-,25-,27-,28+,30-,31-,32+,34+,35+,36+,37?,38-,40?,41?,42?,43-,44-,45-,46+,47+,48+/m1/s1. The van der Waals surface area contributed by atoms with Gasteiger partial charge in [0.05, 0.1) is 54.4 Å². The molecule has 15 nitrogen and oxygen atoms in total. The molecule has 9 rings (SSSR count). The van der Waals surface area contributed by atoms with E-state index in [1.165, 1.54) is 0 Å². The molecule has 4 aliphatic heterocycles. The van der Waals surface area contributed by atoms with Crippen LogP contribution in [-0.2, 0) is 44.4 Å². The van der Waals surface area contributed by atoms with Crippen LogP contribution in [0.1, 0.15) is 111 Å². The Balaban J connectivity index is 0.789. The topological polar surface area (TPSA) is 223 Å². The Morgan fingerprint density at radius 1 is 0.714 bits per heavy atom. The summed E-state index contributed by atoms with van der Waals surface area (Å²) >= 11 is 0. The number of fused-ring (bicyclic) bond motifs is 5. The van der Waals surface area contributed by atoms with Crippen LogP contribution in [0.25, 0.3) is 0 Å². The number of carbonyl (C=O) groups is 1. The second-order valence-corrected chi connectivity index (χ2v) is 20.9. The van der Waals surface area contributed by atoms with E-state index in [1.807, 2.05) is 26.0 Å². The number of aliphatic hydroxyl groups is 6. The van der Waals surface area contributed by atoms with Crippen molar-refractivity contribution in [1.82, 2.24) is 0 Å². The molecule has 0 radical (unpaired) electrons. The minimum Gasteiger partial charge on any atom is -0.508 e. The van der Waals surface area contributed by atoms with Gasteiger partial charge in [-0.15, -0.1) is 0 Å². The third-order valence-electron chi connectivity index (χ3n) is 17.5. The second kappa shape index (κ2) is 17.4. The van der Waals surface area contributed by atoms with E-state index in [2.05, 4.69) is 6.92 Å². The van der Waals surface area contributed by atoms with Crippen LogP contribution in [0.4, 0.5) is 0 Å². The molecular weight excluding hydrogens is 817 g/mol. The maximum atomic E-state index is 12.9. The highest BCUT2D eigenvalue weighted by Crippen LogP contribution is 2.70. The van der Waals surface area contributed by atoms with Crippen molar-refractivity contribution in [2.24, 2.45) is 34.5 Å². The molecule has 4 saturated carbocycles. The SMILES string of the molecule is C[C@H]1OC(O[C@H]2[C@@H](O)CC(O[C@H]3[C@@H](O)CC(O[C@H]4CC[C@@]5(C)[C@H](CC[C@@H]6[C@@H]5C[C@@H](O)[C@]5(C)[C@@H](C7=CC(=O)OC7Cc7ccccc7O)CC[C@]65O)C4)O[C@@H]3C)O[C@@H]2C)C[C@H](O)[C@@H]1O. The van der Waals surface area contributed by atoms with Crippen LogP contribution < -0.4 is 0 Å². The zero-order valence-electron chi connectivity index (χ0n) is 37.2. The van der Waals surface area contributed by atoms with Gasteiger partial charge in [0.1, 0.15) is 30.2 Å². The van der Waals surface area contributed by atoms with Crippen molar-refractivity contribution in [3.05, 3.63) is 41.5 Å². The Labute approximate surface area is 370 Å². The first-order valence-corrected chi connectivity index (χ1v) is 23.6. The zero-order valence-corrected chi connectivity index (χ0v) is 37.2. The molecule has 8 aliphatic rings. The average Bonchev–Trinajstić information content (AvgIpc) is 3.73. The fourth-order valence-electron chi connectivity index (χ4n) is 14.0. The molecular formula is C48H70O15. The first-order valence-electron chi connectivity index (χ1n) is 23.6. The molecule has 4 heterocycles. The van der Waals surface area contributed by atoms with E-state index in [0.29, 0.717) is 37.2 Å². The van der Waals surface area contributed by atoms with Gasteiger partial charge in [0.25, 0.3) is 0 Å². The summed E-state index contributed by atoms with van der Waals surface area (Å²) in [4.78, 5) is 12.8. The number of aliphatic hydroxyl groups excluding tert-OH is 5. The first-order chi connectivity index (χ1) is 29.9. The lowest BCUT2D eigenvalue weighted by molar-refractivity contribution is -0.336. The largest absolute Gasteiger partial charge is 0.508 e. The molecule has 0 spiro atoms. The molecule has 7 N–H and O–H groups in total. The van der Waals surface area contributed by atoms with Crippen LogP contribution in [0, 0.1) is 34.5 Å². The van der Waals surface area contributed by atoms with E-state index in [0.717, 1.165) is 37.7 Å². The number of hydrogen-bond donors (Lipinski definition) is 7. The van der Waals surface area contributed by atoms with Gasteiger partial charge in [-0.3, -0.25) is 0 Å². The van der Waals surface area contributed by atoms with Crippen molar-refractivity contribution in [3.8, 4) is 5.75 Å². The van der Waals surface area contributed by atoms with E-state index < -0.39 is 103 Å². The number of para-hydroxylation sites is 1. The number of benzene rings is 1. The van der Waals surface area contributed by atoms with Gasteiger partial charge in [-0.25, -0.2) is 4.79 Å². The third-order valence-corrected chi connectivity index (χ3v) is 17.5. The summed E-state index contributed by atoms with van der Waals surface area (Å²) in [6.45, 7) is 9.61. The number of ether oxygens (including phenoxy) is 7. The number of aromatic hydroxyl groups is 1.